The van der Waals surface area contributed by atoms with Crippen LogP contribution < -0.4 is 4.72 Å². The first-order chi connectivity index (χ1) is 13.4. The van der Waals surface area contributed by atoms with E-state index in [1.54, 1.807) is 10.9 Å². The molecule has 0 radical (unpaired) electrons. The lowest BCUT2D eigenvalue weighted by molar-refractivity contribution is 0.601. The van der Waals surface area contributed by atoms with Crippen molar-refractivity contribution in [1.82, 2.24) is 9.78 Å². The average Bonchev–Trinajstić information content (AvgIpc) is 3.10. The molecule has 1 aromatic heterocycles. The van der Waals surface area contributed by atoms with Crippen LogP contribution in [0.4, 0.5) is 5.69 Å². The Morgan fingerprint density at radius 1 is 1.00 bits per heavy atom. The SMILES string of the molecule is O=S(=O)(Nc1cnn(Cc2cccc3ccccc23)c1)c1cc(Cl)ccc1Cl. The van der Waals surface area contributed by atoms with Crippen LogP contribution in [0.15, 0.2) is 78.0 Å². The number of fused-ring (bicyclic) bond motifs is 1. The molecular formula is C20H15Cl2N3O2S. The van der Waals surface area contributed by atoms with E-state index < -0.39 is 10.0 Å². The summed E-state index contributed by atoms with van der Waals surface area (Å²) in [6.45, 7) is 0.515. The van der Waals surface area contributed by atoms with Crippen LogP contribution in [0.3, 0.4) is 0 Å². The minimum absolute atomic E-state index is 0.0801. The van der Waals surface area contributed by atoms with E-state index in [4.69, 9.17) is 23.2 Å². The largest absolute Gasteiger partial charge is 0.276 e. The van der Waals surface area contributed by atoms with Gasteiger partial charge in [0.25, 0.3) is 10.0 Å². The molecule has 0 bridgehead atoms. The Bertz CT molecular complexity index is 1260. The molecule has 0 saturated carbocycles. The molecule has 0 atom stereocenters. The number of aromatic nitrogens is 2. The molecule has 8 heteroatoms. The number of nitrogens with zero attached hydrogens (tertiary/aromatic N) is 2. The Kier molecular flexibility index (Phi) is 5.02. The van der Waals surface area contributed by atoms with Gasteiger partial charge in [-0.3, -0.25) is 9.40 Å². The molecule has 5 nitrogen and oxygen atoms in total. The summed E-state index contributed by atoms with van der Waals surface area (Å²) >= 11 is 11.9. The maximum atomic E-state index is 12.6. The Balaban J connectivity index is 1.58. The molecule has 4 rings (SSSR count). The van der Waals surface area contributed by atoms with Gasteiger partial charge in [0.2, 0.25) is 0 Å². The maximum absolute atomic E-state index is 12.6. The van der Waals surface area contributed by atoms with Gasteiger partial charge in [-0.1, -0.05) is 65.7 Å². The van der Waals surface area contributed by atoms with Crippen molar-refractivity contribution < 1.29 is 8.42 Å². The van der Waals surface area contributed by atoms with Gasteiger partial charge in [0, 0.05) is 11.2 Å². The van der Waals surface area contributed by atoms with Gasteiger partial charge in [0.1, 0.15) is 4.90 Å². The number of nitrogens with one attached hydrogen (secondary N) is 1. The predicted octanol–water partition coefficient (Wildman–Crippen LogP) is 5.19. The second-order valence-corrected chi connectivity index (χ2v) is 8.74. The summed E-state index contributed by atoms with van der Waals surface area (Å²) in [5, 5.41) is 6.93. The van der Waals surface area contributed by atoms with Crippen molar-refractivity contribution in [2.24, 2.45) is 0 Å². The Hall–Kier alpha value is -2.54. The first-order valence-corrected chi connectivity index (χ1v) is 10.6. The third-order valence-corrected chi connectivity index (χ3v) is 6.38. The van der Waals surface area contributed by atoms with Crippen molar-refractivity contribution in [2.75, 3.05) is 4.72 Å². The normalized spacial score (nSPS) is 11.6. The molecule has 0 unspecified atom stereocenters. The number of hydrogen-bond donors (Lipinski definition) is 1. The lowest BCUT2D eigenvalue weighted by Crippen LogP contribution is -2.13. The topological polar surface area (TPSA) is 64.0 Å². The second kappa shape index (κ2) is 7.47. The number of anilines is 1. The second-order valence-electron chi connectivity index (χ2n) is 6.25. The lowest BCUT2D eigenvalue weighted by Gasteiger charge is -2.08. The fourth-order valence-corrected chi connectivity index (χ4v) is 4.79. The third-order valence-electron chi connectivity index (χ3n) is 4.28. The summed E-state index contributed by atoms with van der Waals surface area (Å²) in [5.74, 6) is 0. The molecule has 3 aromatic carbocycles. The summed E-state index contributed by atoms with van der Waals surface area (Å²) in [6, 6.07) is 18.5. The third kappa shape index (κ3) is 3.85. The highest BCUT2D eigenvalue weighted by Crippen LogP contribution is 2.27. The zero-order chi connectivity index (χ0) is 19.7. The van der Waals surface area contributed by atoms with Crippen LogP contribution in [0.5, 0.6) is 0 Å². The summed E-state index contributed by atoms with van der Waals surface area (Å²) in [7, 11) is -3.88. The monoisotopic (exact) mass is 431 g/mol. The highest BCUT2D eigenvalue weighted by Gasteiger charge is 2.19. The van der Waals surface area contributed by atoms with Gasteiger partial charge >= 0.3 is 0 Å². The van der Waals surface area contributed by atoms with E-state index in [0.29, 0.717) is 12.2 Å². The first kappa shape index (κ1) is 18.8. The van der Waals surface area contributed by atoms with Gasteiger partial charge < -0.3 is 0 Å². The number of sulfonamides is 1. The van der Waals surface area contributed by atoms with Gasteiger partial charge in [-0.25, -0.2) is 8.42 Å². The van der Waals surface area contributed by atoms with Gasteiger partial charge in [-0.05, 0) is 34.5 Å². The van der Waals surface area contributed by atoms with E-state index >= 15 is 0 Å². The molecule has 0 fully saturated rings. The zero-order valence-corrected chi connectivity index (χ0v) is 16.8. The van der Waals surface area contributed by atoms with E-state index in [1.165, 1.54) is 24.4 Å². The lowest BCUT2D eigenvalue weighted by atomic mass is 10.0. The first-order valence-electron chi connectivity index (χ1n) is 8.39. The Morgan fingerprint density at radius 3 is 2.64 bits per heavy atom. The molecule has 0 amide bonds. The summed E-state index contributed by atoms with van der Waals surface area (Å²) in [5.41, 5.74) is 1.43. The van der Waals surface area contributed by atoms with Crippen LogP contribution in [-0.2, 0) is 16.6 Å². The number of halogens is 2. The van der Waals surface area contributed by atoms with Crippen molar-refractivity contribution in [3.63, 3.8) is 0 Å². The van der Waals surface area contributed by atoms with E-state index in [2.05, 4.69) is 28.0 Å². The van der Waals surface area contributed by atoms with Crippen molar-refractivity contribution in [2.45, 2.75) is 11.4 Å². The van der Waals surface area contributed by atoms with Crippen LogP contribution in [0, 0.1) is 0 Å². The smallest absolute Gasteiger partial charge is 0.263 e. The molecule has 0 aliphatic heterocycles. The van der Waals surface area contributed by atoms with Crippen LogP contribution in [0.25, 0.3) is 10.8 Å². The van der Waals surface area contributed by atoms with E-state index in [0.717, 1.165) is 16.3 Å². The summed E-state index contributed by atoms with van der Waals surface area (Å²) in [4.78, 5) is -0.0801. The highest BCUT2D eigenvalue weighted by atomic mass is 35.5. The average molecular weight is 432 g/mol. The molecule has 1 heterocycles. The predicted molar refractivity (Wildman–Crippen MR) is 113 cm³/mol. The fourth-order valence-electron chi connectivity index (χ4n) is 3.00. The molecule has 0 spiro atoms. The summed E-state index contributed by atoms with van der Waals surface area (Å²) in [6.07, 6.45) is 3.10. The highest BCUT2D eigenvalue weighted by molar-refractivity contribution is 7.92. The van der Waals surface area contributed by atoms with Crippen molar-refractivity contribution >= 4 is 49.7 Å². The maximum Gasteiger partial charge on any atom is 0.263 e. The zero-order valence-electron chi connectivity index (χ0n) is 14.5. The molecule has 4 aromatic rings. The van der Waals surface area contributed by atoms with Crippen molar-refractivity contribution in [3.8, 4) is 0 Å². The van der Waals surface area contributed by atoms with Gasteiger partial charge in [0.15, 0.2) is 0 Å². The van der Waals surface area contributed by atoms with Gasteiger partial charge in [0.05, 0.1) is 23.5 Å². The minimum Gasteiger partial charge on any atom is -0.276 e. The van der Waals surface area contributed by atoms with Crippen LogP contribution in [-0.4, -0.2) is 18.2 Å². The van der Waals surface area contributed by atoms with E-state index in [1.807, 2.05) is 24.3 Å². The van der Waals surface area contributed by atoms with Crippen molar-refractivity contribution in [1.29, 1.82) is 0 Å². The van der Waals surface area contributed by atoms with Gasteiger partial charge in [-0.15, -0.1) is 0 Å². The molecule has 0 saturated heterocycles. The van der Waals surface area contributed by atoms with Crippen molar-refractivity contribution in [3.05, 3.63) is 88.7 Å². The molecule has 28 heavy (non-hydrogen) atoms. The number of rotatable bonds is 5. The fraction of sp³-hybridized carbons (Fsp3) is 0.0500. The molecule has 142 valence electrons. The Labute approximate surface area is 172 Å². The van der Waals surface area contributed by atoms with Crippen LogP contribution in [0.2, 0.25) is 10.0 Å². The number of hydrogen-bond acceptors (Lipinski definition) is 3. The molecule has 0 aliphatic rings. The number of benzene rings is 3. The standard InChI is InChI=1S/C20H15Cl2N3O2S/c21-16-8-9-19(22)20(10-16)28(26,27)24-17-11-23-25(13-17)12-15-6-3-5-14-4-1-2-7-18(14)15/h1-11,13,24H,12H2. The Morgan fingerprint density at radius 2 is 1.79 bits per heavy atom. The van der Waals surface area contributed by atoms with Gasteiger partial charge in [-0.2, -0.15) is 5.10 Å². The summed E-state index contributed by atoms with van der Waals surface area (Å²) < 4.78 is 29.4. The van der Waals surface area contributed by atoms with E-state index in [-0.39, 0.29) is 14.9 Å². The minimum atomic E-state index is -3.88. The van der Waals surface area contributed by atoms with E-state index in [9.17, 15) is 8.42 Å². The molecular weight excluding hydrogens is 417 g/mol. The van der Waals surface area contributed by atoms with Crippen LogP contribution in [0.1, 0.15) is 5.56 Å². The quantitative estimate of drug-likeness (QED) is 0.472. The van der Waals surface area contributed by atoms with Crippen LogP contribution >= 0.6 is 23.2 Å². The molecule has 1 N–H and O–H groups in total. The molecule has 0 aliphatic carbocycles.